The number of amides is 1. The van der Waals surface area contributed by atoms with E-state index in [0.29, 0.717) is 54.2 Å². The van der Waals surface area contributed by atoms with E-state index < -0.39 is 0 Å². The highest BCUT2D eigenvalue weighted by Gasteiger charge is 2.18. The second-order valence-corrected chi connectivity index (χ2v) is 5.85. The lowest BCUT2D eigenvalue weighted by molar-refractivity contribution is 0.0949. The van der Waals surface area contributed by atoms with Gasteiger partial charge in [0.05, 0.1) is 19.8 Å². The summed E-state index contributed by atoms with van der Waals surface area (Å²) in [6, 6.07) is 10.7. The average Bonchev–Trinajstić information content (AvgIpc) is 2.63. The van der Waals surface area contributed by atoms with E-state index in [-0.39, 0.29) is 5.91 Å². The molecule has 6 heteroatoms. The van der Waals surface area contributed by atoms with E-state index in [1.54, 1.807) is 24.3 Å². The van der Waals surface area contributed by atoms with E-state index in [9.17, 15) is 4.79 Å². The minimum atomic E-state index is -0.218. The van der Waals surface area contributed by atoms with Gasteiger partial charge in [0, 0.05) is 17.1 Å². The molecule has 0 spiro atoms. The number of rotatable bonds is 9. The van der Waals surface area contributed by atoms with Gasteiger partial charge < -0.3 is 19.5 Å². The molecule has 0 heterocycles. The van der Waals surface area contributed by atoms with Gasteiger partial charge in [-0.3, -0.25) is 4.79 Å². The second kappa shape index (κ2) is 9.92. The number of carbonyl (C=O) groups is 1. The van der Waals surface area contributed by atoms with Crippen molar-refractivity contribution in [2.45, 2.75) is 27.3 Å². The van der Waals surface area contributed by atoms with Crippen molar-refractivity contribution >= 4 is 17.5 Å². The molecule has 5 nitrogen and oxygen atoms in total. The molecule has 0 aliphatic carbocycles. The lowest BCUT2D eigenvalue weighted by Gasteiger charge is -2.17. The van der Waals surface area contributed by atoms with Crippen LogP contribution in [0.15, 0.2) is 36.4 Å². The van der Waals surface area contributed by atoms with Crippen molar-refractivity contribution in [3.05, 3.63) is 52.5 Å². The molecule has 2 aromatic rings. The van der Waals surface area contributed by atoms with Gasteiger partial charge in [0.1, 0.15) is 0 Å². The van der Waals surface area contributed by atoms with E-state index >= 15 is 0 Å². The highest BCUT2D eigenvalue weighted by Crippen LogP contribution is 2.39. The molecule has 2 aromatic carbocycles. The van der Waals surface area contributed by atoms with Gasteiger partial charge in [-0.05, 0) is 50.6 Å². The maximum Gasteiger partial charge on any atom is 0.251 e. The Bertz CT molecular complexity index is 704. The third-order valence-corrected chi connectivity index (χ3v) is 3.79. The van der Waals surface area contributed by atoms with Crippen molar-refractivity contribution < 1.29 is 19.0 Å². The fourth-order valence-electron chi connectivity index (χ4n) is 2.41. The van der Waals surface area contributed by atoms with E-state index in [4.69, 9.17) is 25.8 Å². The first-order chi connectivity index (χ1) is 12.6. The van der Waals surface area contributed by atoms with Crippen LogP contribution in [0.25, 0.3) is 0 Å². The van der Waals surface area contributed by atoms with Gasteiger partial charge in [-0.25, -0.2) is 0 Å². The highest BCUT2D eigenvalue weighted by molar-refractivity contribution is 6.30. The predicted molar refractivity (Wildman–Crippen MR) is 103 cm³/mol. The maximum atomic E-state index is 12.6. The summed E-state index contributed by atoms with van der Waals surface area (Å²) in [6.45, 7) is 7.44. The van der Waals surface area contributed by atoms with E-state index in [1.165, 1.54) is 0 Å². The minimum Gasteiger partial charge on any atom is -0.490 e. The van der Waals surface area contributed by atoms with Gasteiger partial charge in [-0.2, -0.15) is 0 Å². The number of halogens is 1. The van der Waals surface area contributed by atoms with Gasteiger partial charge in [-0.1, -0.05) is 23.7 Å². The molecule has 0 aromatic heterocycles. The molecule has 1 amide bonds. The lowest BCUT2D eigenvalue weighted by atomic mass is 10.1. The molecular formula is C20H24ClNO4. The van der Waals surface area contributed by atoms with Crippen LogP contribution < -0.4 is 19.5 Å². The molecular weight excluding hydrogens is 354 g/mol. The standard InChI is InChI=1S/C20H24ClNO4/c1-4-24-17-11-15(12-18(25-5-2)19(17)26-6-3)20(23)22-13-14-7-9-16(21)10-8-14/h7-12H,4-6,13H2,1-3H3,(H,22,23). The molecule has 0 fully saturated rings. The summed E-state index contributed by atoms with van der Waals surface area (Å²) in [7, 11) is 0. The largest absolute Gasteiger partial charge is 0.490 e. The van der Waals surface area contributed by atoms with Crippen molar-refractivity contribution in [2.75, 3.05) is 19.8 Å². The van der Waals surface area contributed by atoms with Crippen molar-refractivity contribution in [1.82, 2.24) is 5.32 Å². The van der Waals surface area contributed by atoms with Gasteiger partial charge in [0.2, 0.25) is 5.75 Å². The van der Waals surface area contributed by atoms with Crippen LogP contribution in [0, 0.1) is 0 Å². The lowest BCUT2D eigenvalue weighted by Crippen LogP contribution is -2.23. The Morgan fingerprint density at radius 3 is 1.96 bits per heavy atom. The molecule has 140 valence electrons. The van der Waals surface area contributed by atoms with Crippen molar-refractivity contribution in [3.8, 4) is 17.2 Å². The first kappa shape index (κ1) is 19.9. The molecule has 0 saturated carbocycles. The average molecular weight is 378 g/mol. The molecule has 0 aliphatic heterocycles. The SMILES string of the molecule is CCOc1cc(C(=O)NCc2ccc(Cl)cc2)cc(OCC)c1OCC. The summed E-state index contributed by atoms with van der Waals surface area (Å²) in [6.07, 6.45) is 0. The van der Waals surface area contributed by atoms with E-state index in [0.717, 1.165) is 5.56 Å². The predicted octanol–water partition coefficient (Wildman–Crippen LogP) is 4.47. The van der Waals surface area contributed by atoms with Crippen LogP contribution in [0.4, 0.5) is 0 Å². The fourth-order valence-corrected chi connectivity index (χ4v) is 2.53. The monoisotopic (exact) mass is 377 g/mol. The Kier molecular flexibility index (Phi) is 7.60. The molecule has 26 heavy (non-hydrogen) atoms. The normalized spacial score (nSPS) is 10.3. The van der Waals surface area contributed by atoms with Crippen LogP contribution in [0.3, 0.4) is 0 Å². The van der Waals surface area contributed by atoms with E-state index in [2.05, 4.69) is 5.32 Å². The second-order valence-electron chi connectivity index (χ2n) is 5.41. The number of ether oxygens (including phenoxy) is 3. The summed E-state index contributed by atoms with van der Waals surface area (Å²) in [4.78, 5) is 12.6. The van der Waals surface area contributed by atoms with Crippen molar-refractivity contribution in [2.24, 2.45) is 0 Å². The molecule has 2 rings (SSSR count). The molecule has 0 atom stereocenters. The van der Waals surface area contributed by atoms with Gasteiger partial charge in [0.15, 0.2) is 11.5 Å². The number of nitrogens with one attached hydrogen (secondary N) is 1. The zero-order valence-electron chi connectivity index (χ0n) is 15.3. The Morgan fingerprint density at radius 1 is 0.923 bits per heavy atom. The van der Waals surface area contributed by atoms with E-state index in [1.807, 2.05) is 32.9 Å². The van der Waals surface area contributed by atoms with Gasteiger partial charge >= 0.3 is 0 Å². The molecule has 1 N–H and O–H groups in total. The zero-order chi connectivity index (χ0) is 18.9. The molecule has 0 unspecified atom stereocenters. The van der Waals surface area contributed by atoms with Gasteiger partial charge in [0.25, 0.3) is 5.91 Å². The van der Waals surface area contributed by atoms with Crippen LogP contribution in [-0.4, -0.2) is 25.7 Å². The molecule has 0 bridgehead atoms. The van der Waals surface area contributed by atoms with Crippen LogP contribution in [0.2, 0.25) is 5.02 Å². The molecule has 0 saturated heterocycles. The first-order valence-corrected chi connectivity index (χ1v) is 9.05. The van der Waals surface area contributed by atoms with Gasteiger partial charge in [-0.15, -0.1) is 0 Å². The Hall–Kier alpha value is -2.40. The zero-order valence-corrected chi connectivity index (χ0v) is 16.1. The first-order valence-electron chi connectivity index (χ1n) is 8.68. The minimum absolute atomic E-state index is 0.218. The van der Waals surface area contributed by atoms with Crippen LogP contribution in [0.1, 0.15) is 36.7 Å². The number of carbonyl (C=O) groups excluding carboxylic acids is 1. The Morgan fingerprint density at radius 2 is 1.46 bits per heavy atom. The summed E-state index contributed by atoms with van der Waals surface area (Å²) in [5.74, 6) is 1.30. The van der Waals surface area contributed by atoms with Crippen LogP contribution >= 0.6 is 11.6 Å². The Balaban J connectivity index is 2.22. The topological polar surface area (TPSA) is 56.8 Å². The van der Waals surface area contributed by atoms with Crippen molar-refractivity contribution in [1.29, 1.82) is 0 Å². The number of hydrogen-bond acceptors (Lipinski definition) is 4. The highest BCUT2D eigenvalue weighted by atomic mass is 35.5. The quantitative estimate of drug-likeness (QED) is 0.700. The van der Waals surface area contributed by atoms with Crippen molar-refractivity contribution in [3.63, 3.8) is 0 Å². The third kappa shape index (κ3) is 5.30. The summed E-state index contributed by atoms with van der Waals surface area (Å²) >= 11 is 5.88. The summed E-state index contributed by atoms with van der Waals surface area (Å²) in [5.41, 5.74) is 1.41. The number of benzene rings is 2. The summed E-state index contributed by atoms with van der Waals surface area (Å²) < 4.78 is 16.9. The Labute approximate surface area is 159 Å². The summed E-state index contributed by atoms with van der Waals surface area (Å²) in [5, 5.41) is 3.55. The van der Waals surface area contributed by atoms with Crippen LogP contribution in [-0.2, 0) is 6.54 Å². The smallest absolute Gasteiger partial charge is 0.251 e. The molecule has 0 radical (unpaired) electrons. The third-order valence-electron chi connectivity index (χ3n) is 3.54. The number of hydrogen-bond donors (Lipinski definition) is 1. The molecule has 0 aliphatic rings. The van der Waals surface area contributed by atoms with Crippen LogP contribution in [0.5, 0.6) is 17.2 Å². The maximum absolute atomic E-state index is 12.6. The fraction of sp³-hybridized carbons (Fsp3) is 0.350.